The number of methoxy groups -OCH3 is 1. The second-order valence-corrected chi connectivity index (χ2v) is 7.00. The number of carbonyl (C=O) groups is 2. The van der Waals surface area contributed by atoms with Crippen LogP contribution in [0.5, 0.6) is 0 Å². The lowest BCUT2D eigenvalue weighted by atomic mass is 10.1. The molecule has 1 aromatic heterocycles. The number of nitrogens with zero attached hydrogens (tertiary/aromatic N) is 5. The van der Waals surface area contributed by atoms with E-state index in [1.165, 1.54) is 4.90 Å². The van der Waals surface area contributed by atoms with Gasteiger partial charge in [-0.15, -0.1) is 0 Å². The molecule has 0 spiro atoms. The van der Waals surface area contributed by atoms with Crippen LogP contribution in [0, 0.1) is 6.92 Å². The molecular weight excluding hydrogens is 372 g/mol. The number of aryl methyl sites for hydroxylation is 1. The molecule has 0 aliphatic carbocycles. The maximum atomic E-state index is 13.3. The molecule has 0 unspecified atom stereocenters. The van der Waals surface area contributed by atoms with Crippen LogP contribution in [0.3, 0.4) is 0 Å². The van der Waals surface area contributed by atoms with Crippen LogP contribution in [-0.2, 0) is 9.53 Å². The summed E-state index contributed by atoms with van der Waals surface area (Å²) in [6.45, 7) is 3.93. The summed E-state index contributed by atoms with van der Waals surface area (Å²) >= 11 is 0. The molecule has 0 saturated heterocycles. The topological polar surface area (TPSA) is 92.1 Å². The van der Waals surface area contributed by atoms with Crippen LogP contribution in [0.25, 0.3) is 5.69 Å². The molecule has 152 valence electrons. The maximum absolute atomic E-state index is 13.3. The van der Waals surface area contributed by atoms with Crippen LogP contribution in [0.15, 0.2) is 35.5 Å². The highest BCUT2D eigenvalue weighted by Crippen LogP contribution is 2.33. The summed E-state index contributed by atoms with van der Waals surface area (Å²) < 4.78 is 6.70. The minimum Gasteiger partial charge on any atom is -0.383 e. The van der Waals surface area contributed by atoms with E-state index in [-0.39, 0.29) is 18.5 Å². The van der Waals surface area contributed by atoms with E-state index in [1.807, 2.05) is 31.2 Å². The molecule has 0 bridgehead atoms. The number of ether oxygens (including phenoxy) is 1. The van der Waals surface area contributed by atoms with E-state index in [4.69, 9.17) is 4.74 Å². The summed E-state index contributed by atoms with van der Waals surface area (Å²) in [7, 11) is 1.57. The van der Waals surface area contributed by atoms with Gasteiger partial charge in [0.15, 0.2) is 5.82 Å². The molecule has 4 rings (SSSR count). The molecule has 2 aliphatic rings. The van der Waals surface area contributed by atoms with Gasteiger partial charge in [-0.05, 0) is 25.0 Å². The lowest BCUT2D eigenvalue weighted by Gasteiger charge is -2.37. The van der Waals surface area contributed by atoms with E-state index in [1.54, 1.807) is 22.9 Å². The minimum atomic E-state index is -0.256. The number of nitrogens with one attached hydrogen (secondary N) is 1. The fourth-order valence-electron chi connectivity index (χ4n) is 3.63. The first-order valence-corrected chi connectivity index (χ1v) is 9.65. The lowest BCUT2D eigenvalue weighted by Crippen LogP contribution is -2.55. The van der Waals surface area contributed by atoms with Gasteiger partial charge in [-0.3, -0.25) is 19.6 Å². The molecule has 29 heavy (non-hydrogen) atoms. The van der Waals surface area contributed by atoms with Crippen molar-refractivity contribution in [2.45, 2.75) is 13.3 Å². The summed E-state index contributed by atoms with van der Waals surface area (Å²) in [5, 5.41) is 7.33. The Morgan fingerprint density at radius 1 is 1.31 bits per heavy atom. The normalized spacial score (nSPS) is 15.7. The number of carbonyl (C=O) groups excluding carboxylic acids is 2. The number of urea groups is 1. The van der Waals surface area contributed by atoms with Crippen LogP contribution in [0.4, 0.5) is 10.6 Å². The van der Waals surface area contributed by atoms with Crippen LogP contribution in [0.1, 0.15) is 17.5 Å². The van der Waals surface area contributed by atoms with E-state index < -0.39 is 0 Å². The number of hydrogen-bond acceptors (Lipinski definition) is 5. The maximum Gasteiger partial charge on any atom is 0.331 e. The number of rotatable bonds is 6. The van der Waals surface area contributed by atoms with Crippen molar-refractivity contribution in [3.63, 3.8) is 0 Å². The largest absolute Gasteiger partial charge is 0.383 e. The summed E-state index contributed by atoms with van der Waals surface area (Å²) in [4.78, 5) is 33.5. The third-order valence-corrected chi connectivity index (χ3v) is 5.03. The average Bonchev–Trinajstić information content (AvgIpc) is 3.16. The minimum absolute atomic E-state index is 0.100. The van der Waals surface area contributed by atoms with Crippen molar-refractivity contribution in [3.05, 3.63) is 41.6 Å². The van der Waals surface area contributed by atoms with Crippen LogP contribution < -0.4 is 10.2 Å². The zero-order valence-corrected chi connectivity index (χ0v) is 16.6. The Balaban J connectivity index is 1.76. The van der Waals surface area contributed by atoms with Gasteiger partial charge in [-0.1, -0.05) is 18.2 Å². The van der Waals surface area contributed by atoms with E-state index in [2.05, 4.69) is 15.4 Å². The molecule has 9 heteroatoms. The molecule has 0 saturated carbocycles. The van der Waals surface area contributed by atoms with Gasteiger partial charge in [-0.25, -0.2) is 9.48 Å². The number of amides is 3. The number of benzene rings is 1. The van der Waals surface area contributed by atoms with Crippen molar-refractivity contribution < 1.29 is 14.3 Å². The molecule has 0 radical (unpaired) electrons. The predicted octanol–water partition coefficient (Wildman–Crippen LogP) is 1.34. The van der Waals surface area contributed by atoms with Crippen molar-refractivity contribution in [2.24, 2.45) is 4.99 Å². The molecular formula is C20H24N6O3. The monoisotopic (exact) mass is 396 g/mol. The van der Waals surface area contributed by atoms with Crippen molar-refractivity contribution in [2.75, 3.05) is 44.8 Å². The van der Waals surface area contributed by atoms with Crippen molar-refractivity contribution in [1.29, 1.82) is 0 Å². The highest BCUT2D eigenvalue weighted by Gasteiger charge is 2.40. The first-order chi connectivity index (χ1) is 14.1. The van der Waals surface area contributed by atoms with Gasteiger partial charge in [-0.2, -0.15) is 5.10 Å². The Labute approximate surface area is 168 Å². The van der Waals surface area contributed by atoms with Crippen molar-refractivity contribution in [3.8, 4) is 5.69 Å². The standard InChI is InChI=1S/C20H24N6O3/c1-14-6-3-4-7-16(14)26-19-15(12-23-26)18-22-8-5-10-24(18)20(28)25(19)13-17(27)21-9-11-29-2/h3-4,6-7,12H,5,8-11,13H2,1-2H3,(H,21,27). The summed E-state index contributed by atoms with van der Waals surface area (Å²) in [5.74, 6) is 0.950. The Kier molecular flexibility index (Phi) is 5.30. The zero-order valence-electron chi connectivity index (χ0n) is 16.6. The van der Waals surface area contributed by atoms with Gasteiger partial charge < -0.3 is 10.1 Å². The third-order valence-electron chi connectivity index (χ3n) is 5.03. The van der Waals surface area contributed by atoms with Gasteiger partial charge in [0.25, 0.3) is 0 Å². The Morgan fingerprint density at radius 2 is 2.14 bits per heavy atom. The molecule has 2 aliphatic heterocycles. The Hall–Kier alpha value is -3.20. The van der Waals surface area contributed by atoms with E-state index in [0.717, 1.165) is 23.2 Å². The first-order valence-electron chi connectivity index (χ1n) is 9.65. The zero-order chi connectivity index (χ0) is 20.4. The highest BCUT2D eigenvalue weighted by molar-refractivity contribution is 6.19. The third kappa shape index (κ3) is 3.49. The molecule has 1 N–H and O–H groups in total. The van der Waals surface area contributed by atoms with Crippen LogP contribution in [-0.4, -0.2) is 72.4 Å². The smallest absolute Gasteiger partial charge is 0.331 e. The van der Waals surface area contributed by atoms with Gasteiger partial charge in [0, 0.05) is 26.7 Å². The van der Waals surface area contributed by atoms with E-state index in [0.29, 0.717) is 37.9 Å². The van der Waals surface area contributed by atoms with Gasteiger partial charge in [0.1, 0.15) is 12.4 Å². The molecule has 3 amide bonds. The number of hydrogen-bond donors (Lipinski definition) is 1. The molecule has 2 aromatic rings. The molecule has 0 fully saturated rings. The summed E-state index contributed by atoms with van der Waals surface area (Å²) in [6, 6.07) is 7.55. The number of amidine groups is 1. The lowest BCUT2D eigenvalue weighted by molar-refractivity contribution is -0.119. The highest BCUT2D eigenvalue weighted by atomic mass is 16.5. The van der Waals surface area contributed by atoms with Crippen molar-refractivity contribution >= 4 is 23.6 Å². The predicted molar refractivity (Wildman–Crippen MR) is 109 cm³/mol. The summed E-state index contributed by atoms with van der Waals surface area (Å²) in [6.07, 6.45) is 2.52. The quantitative estimate of drug-likeness (QED) is 0.746. The first kappa shape index (κ1) is 19.1. The van der Waals surface area contributed by atoms with Crippen LogP contribution >= 0.6 is 0 Å². The fraction of sp³-hybridized carbons (Fsp3) is 0.400. The van der Waals surface area contributed by atoms with E-state index in [9.17, 15) is 9.59 Å². The fourth-order valence-corrected chi connectivity index (χ4v) is 3.63. The number of fused-ring (bicyclic) bond motifs is 3. The van der Waals surface area contributed by atoms with Gasteiger partial charge in [0.2, 0.25) is 5.91 Å². The number of aromatic nitrogens is 2. The SMILES string of the molecule is COCCNC(=O)CN1C(=O)N2CCCN=C2c2cnn(-c3ccccc3C)c21. The second kappa shape index (κ2) is 8.04. The summed E-state index contributed by atoms with van der Waals surface area (Å²) in [5.41, 5.74) is 2.64. The van der Waals surface area contributed by atoms with Crippen molar-refractivity contribution in [1.82, 2.24) is 20.0 Å². The average molecular weight is 396 g/mol. The van der Waals surface area contributed by atoms with Crippen LogP contribution in [0.2, 0.25) is 0 Å². The van der Waals surface area contributed by atoms with Gasteiger partial charge in [0.05, 0.1) is 24.1 Å². The Bertz CT molecular complexity index is 967. The number of aliphatic imine (C=N–C) groups is 1. The van der Waals surface area contributed by atoms with Gasteiger partial charge >= 0.3 is 6.03 Å². The molecule has 0 atom stereocenters. The molecule has 9 nitrogen and oxygen atoms in total. The van der Waals surface area contributed by atoms with E-state index >= 15 is 0 Å². The number of anilines is 1. The molecule has 3 heterocycles. The number of para-hydroxylation sites is 1. The Morgan fingerprint density at radius 3 is 2.93 bits per heavy atom. The second-order valence-electron chi connectivity index (χ2n) is 7.00. The molecule has 1 aromatic carbocycles.